The van der Waals surface area contributed by atoms with E-state index in [4.69, 9.17) is 5.11 Å². The van der Waals surface area contributed by atoms with Gasteiger partial charge in [-0.15, -0.1) is 0 Å². The fourth-order valence-electron chi connectivity index (χ4n) is 1.80. The molecule has 0 aliphatic carbocycles. The maximum atomic E-state index is 11.5. The van der Waals surface area contributed by atoms with Crippen molar-refractivity contribution in [2.45, 2.75) is 26.2 Å². The molecule has 1 amide bonds. The molecule has 1 aliphatic rings. The molecule has 0 saturated carbocycles. The monoisotopic (exact) mass is 214 g/mol. The number of carbonyl (C=O) groups excluding carboxylic acids is 1. The number of nitrogens with one attached hydrogen (secondary N) is 2. The molecular formula is C11H22N2O2. The average molecular weight is 214 g/mol. The lowest BCUT2D eigenvalue weighted by Crippen LogP contribution is -2.51. The molecule has 1 atom stereocenters. The first-order valence-electron chi connectivity index (χ1n) is 5.87. The van der Waals surface area contributed by atoms with Crippen molar-refractivity contribution >= 4 is 5.91 Å². The number of rotatable bonds is 7. The first kappa shape index (κ1) is 12.5. The summed E-state index contributed by atoms with van der Waals surface area (Å²) < 4.78 is 0. The highest BCUT2D eigenvalue weighted by Gasteiger charge is 2.24. The van der Waals surface area contributed by atoms with Crippen LogP contribution in [0, 0.1) is 11.8 Å². The Labute approximate surface area is 91.4 Å². The molecule has 0 aromatic carbocycles. The van der Waals surface area contributed by atoms with E-state index in [0.717, 1.165) is 32.4 Å². The third-order valence-electron chi connectivity index (χ3n) is 2.95. The summed E-state index contributed by atoms with van der Waals surface area (Å²) in [5.41, 5.74) is 0. The van der Waals surface area contributed by atoms with Crippen LogP contribution < -0.4 is 10.6 Å². The van der Waals surface area contributed by atoms with Crippen molar-refractivity contribution < 1.29 is 9.90 Å². The van der Waals surface area contributed by atoms with Gasteiger partial charge in [-0.2, -0.15) is 0 Å². The zero-order chi connectivity index (χ0) is 11.1. The second kappa shape index (κ2) is 6.80. The lowest BCUT2D eigenvalue weighted by atomic mass is 9.98. The van der Waals surface area contributed by atoms with Gasteiger partial charge in [0.25, 0.3) is 0 Å². The van der Waals surface area contributed by atoms with Gasteiger partial charge < -0.3 is 15.7 Å². The molecule has 1 fully saturated rings. The van der Waals surface area contributed by atoms with E-state index in [1.165, 1.54) is 0 Å². The van der Waals surface area contributed by atoms with E-state index in [0.29, 0.717) is 12.5 Å². The highest BCUT2D eigenvalue weighted by Crippen LogP contribution is 2.10. The van der Waals surface area contributed by atoms with Crippen molar-refractivity contribution in [2.75, 3.05) is 26.2 Å². The Hall–Kier alpha value is -0.610. The minimum absolute atomic E-state index is 0.160. The fraction of sp³-hybridized carbons (Fsp3) is 0.909. The topological polar surface area (TPSA) is 61.4 Å². The van der Waals surface area contributed by atoms with Gasteiger partial charge in [-0.25, -0.2) is 0 Å². The van der Waals surface area contributed by atoms with Gasteiger partial charge in [-0.3, -0.25) is 4.79 Å². The quantitative estimate of drug-likeness (QED) is 0.564. The van der Waals surface area contributed by atoms with E-state index in [1.807, 2.05) is 0 Å². The molecule has 4 nitrogen and oxygen atoms in total. The molecule has 1 saturated heterocycles. The average Bonchev–Trinajstić information content (AvgIpc) is 2.12. The minimum atomic E-state index is 0.160. The van der Waals surface area contributed by atoms with Gasteiger partial charge in [0, 0.05) is 26.2 Å². The molecule has 3 N–H and O–H groups in total. The van der Waals surface area contributed by atoms with E-state index in [-0.39, 0.29) is 18.4 Å². The molecule has 4 heteroatoms. The third kappa shape index (κ3) is 4.18. The summed E-state index contributed by atoms with van der Waals surface area (Å²) >= 11 is 0. The minimum Gasteiger partial charge on any atom is -0.396 e. The Bertz CT molecular complexity index is 187. The number of carbonyl (C=O) groups is 1. The maximum Gasteiger partial charge on any atom is 0.225 e. The maximum absolute atomic E-state index is 11.5. The summed E-state index contributed by atoms with van der Waals surface area (Å²) in [6, 6.07) is 0. The lowest BCUT2D eigenvalue weighted by molar-refractivity contribution is -0.126. The third-order valence-corrected chi connectivity index (χ3v) is 2.95. The summed E-state index contributed by atoms with van der Waals surface area (Å²) in [4.78, 5) is 11.5. The molecule has 0 radical (unpaired) electrons. The standard InChI is InChI=1S/C11H22N2O2/c1-2-3-9(4-5-14)6-13-11(15)10-7-12-8-10/h9-10,12,14H,2-8H2,1H3,(H,13,15). The van der Waals surface area contributed by atoms with Gasteiger partial charge in [-0.1, -0.05) is 13.3 Å². The summed E-state index contributed by atoms with van der Waals surface area (Å²) in [7, 11) is 0. The summed E-state index contributed by atoms with van der Waals surface area (Å²) in [5.74, 6) is 0.756. The molecule has 0 bridgehead atoms. The Kier molecular flexibility index (Phi) is 5.65. The fourth-order valence-corrected chi connectivity index (χ4v) is 1.80. The van der Waals surface area contributed by atoms with Crippen LogP contribution >= 0.6 is 0 Å². The van der Waals surface area contributed by atoms with E-state index in [9.17, 15) is 4.79 Å². The molecule has 1 unspecified atom stereocenters. The number of hydrogen-bond acceptors (Lipinski definition) is 3. The molecular weight excluding hydrogens is 192 g/mol. The van der Waals surface area contributed by atoms with Crippen LogP contribution in [0.3, 0.4) is 0 Å². The molecule has 0 aromatic heterocycles. The van der Waals surface area contributed by atoms with Crippen LogP contribution in [0.5, 0.6) is 0 Å². The highest BCUT2D eigenvalue weighted by atomic mass is 16.3. The first-order valence-corrected chi connectivity index (χ1v) is 5.87. The van der Waals surface area contributed by atoms with Crippen molar-refractivity contribution in [1.82, 2.24) is 10.6 Å². The Balaban J connectivity index is 2.16. The normalized spacial score (nSPS) is 18.3. The highest BCUT2D eigenvalue weighted by molar-refractivity contribution is 5.79. The first-order chi connectivity index (χ1) is 7.27. The Morgan fingerprint density at radius 1 is 1.53 bits per heavy atom. The van der Waals surface area contributed by atoms with Crippen LogP contribution in [-0.2, 0) is 4.79 Å². The van der Waals surface area contributed by atoms with Crippen LogP contribution in [0.25, 0.3) is 0 Å². The number of aliphatic hydroxyl groups is 1. The van der Waals surface area contributed by atoms with E-state index >= 15 is 0 Å². The van der Waals surface area contributed by atoms with E-state index in [1.54, 1.807) is 0 Å². The molecule has 1 rings (SSSR count). The van der Waals surface area contributed by atoms with Gasteiger partial charge in [0.2, 0.25) is 5.91 Å². The Morgan fingerprint density at radius 3 is 2.73 bits per heavy atom. The van der Waals surface area contributed by atoms with E-state index < -0.39 is 0 Å². The second-order valence-corrected chi connectivity index (χ2v) is 4.27. The van der Waals surface area contributed by atoms with Gasteiger partial charge in [-0.05, 0) is 18.8 Å². The Morgan fingerprint density at radius 2 is 2.27 bits per heavy atom. The van der Waals surface area contributed by atoms with E-state index in [2.05, 4.69) is 17.6 Å². The largest absolute Gasteiger partial charge is 0.396 e. The predicted molar refractivity (Wildman–Crippen MR) is 59.5 cm³/mol. The van der Waals surface area contributed by atoms with Gasteiger partial charge in [0.15, 0.2) is 0 Å². The zero-order valence-corrected chi connectivity index (χ0v) is 9.46. The van der Waals surface area contributed by atoms with Gasteiger partial charge >= 0.3 is 0 Å². The summed E-state index contributed by atoms with van der Waals surface area (Å²) in [6.45, 7) is 4.67. The van der Waals surface area contributed by atoms with Gasteiger partial charge in [0.05, 0.1) is 5.92 Å². The zero-order valence-electron chi connectivity index (χ0n) is 9.46. The lowest BCUT2D eigenvalue weighted by Gasteiger charge is -2.26. The number of aliphatic hydroxyl groups excluding tert-OH is 1. The van der Waals surface area contributed by atoms with Gasteiger partial charge in [0.1, 0.15) is 0 Å². The van der Waals surface area contributed by atoms with Crippen molar-refractivity contribution in [3.05, 3.63) is 0 Å². The smallest absolute Gasteiger partial charge is 0.225 e. The molecule has 0 spiro atoms. The number of hydrogen-bond donors (Lipinski definition) is 3. The second-order valence-electron chi connectivity index (χ2n) is 4.27. The summed E-state index contributed by atoms with van der Waals surface area (Å²) in [6.07, 6.45) is 2.96. The molecule has 1 aliphatic heterocycles. The van der Waals surface area contributed by atoms with Crippen LogP contribution in [0.4, 0.5) is 0 Å². The molecule has 1 heterocycles. The number of amides is 1. The summed E-state index contributed by atoms with van der Waals surface area (Å²) in [5, 5.41) is 14.9. The molecule has 0 aromatic rings. The van der Waals surface area contributed by atoms with Crippen LogP contribution in [0.15, 0.2) is 0 Å². The van der Waals surface area contributed by atoms with Crippen LogP contribution in [-0.4, -0.2) is 37.3 Å². The SMILES string of the molecule is CCCC(CCO)CNC(=O)C1CNC1. The molecule has 15 heavy (non-hydrogen) atoms. The van der Waals surface area contributed by atoms with Crippen molar-refractivity contribution in [3.8, 4) is 0 Å². The van der Waals surface area contributed by atoms with Crippen molar-refractivity contribution in [1.29, 1.82) is 0 Å². The van der Waals surface area contributed by atoms with Crippen molar-refractivity contribution in [2.24, 2.45) is 11.8 Å². The molecule has 88 valence electrons. The predicted octanol–water partition coefficient (Wildman–Crippen LogP) is 0.121. The van der Waals surface area contributed by atoms with Crippen LogP contribution in [0.2, 0.25) is 0 Å². The van der Waals surface area contributed by atoms with Crippen LogP contribution in [0.1, 0.15) is 26.2 Å². The van der Waals surface area contributed by atoms with Crippen molar-refractivity contribution in [3.63, 3.8) is 0 Å².